The number of ether oxygens (including phenoxy) is 4. The molecule has 2 atom stereocenters. The lowest BCUT2D eigenvalue weighted by atomic mass is 10.00. The van der Waals surface area contributed by atoms with Crippen LogP contribution in [0.4, 0.5) is 0 Å². The standard InChI is InChI=1S/C35H38N4O6/c1-42-31-11-7-23-8-12-34(40)37-19-24-9-10-26(18-32(24)43-2)45-30-14-16-39(21-29(30)38-35(41)22-44-33(31)17-23)20-25-13-15-36-28-6-4-3-5-27(25)28/h3-7,9-11,13,15,17-18,29-30H,8,12,14,16,19-22H2,1-2H3,(H,37,40)(H,38,41)/t29-,30+/m1/s1. The number of para-hydroxylation sites is 1. The van der Waals surface area contributed by atoms with Crippen molar-refractivity contribution in [3.63, 3.8) is 0 Å². The van der Waals surface area contributed by atoms with Crippen LogP contribution in [0, 0.1) is 0 Å². The SMILES string of the molecule is COc1cc2ccc1CNC(=O)CCc1ccc(OC)c(c1)OCC(=O)N[C@@H]1CN(Cc3ccnc4ccccc34)CC[C@@H]1O2. The lowest BCUT2D eigenvalue weighted by molar-refractivity contribution is -0.125. The van der Waals surface area contributed by atoms with Gasteiger partial charge in [-0.3, -0.25) is 19.5 Å². The highest BCUT2D eigenvalue weighted by molar-refractivity contribution is 5.82. The molecule has 0 unspecified atom stereocenters. The first-order valence-corrected chi connectivity index (χ1v) is 15.2. The first-order valence-electron chi connectivity index (χ1n) is 15.2. The molecule has 1 aromatic heterocycles. The Morgan fingerprint density at radius 2 is 1.82 bits per heavy atom. The van der Waals surface area contributed by atoms with Crippen molar-refractivity contribution >= 4 is 22.7 Å². The van der Waals surface area contributed by atoms with Crippen LogP contribution >= 0.6 is 0 Å². The van der Waals surface area contributed by atoms with Crippen molar-refractivity contribution in [3.8, 4) is 23.0 Å². The molecule has 0 saturated carbocycles. The van der Waals surface area contributed by atoms with Gasteiger partial charge in [-0.25, -0.2) is 0 Å². The maximum absolute atomic E-state index is 13.3. The van der Waals surface area contributed by atoms with Gasteiger partial charge in [-0.1, -0.05) is 24.3 Å². The quantitative estimate of drug-likeness (QED) is 0.357. The minimum absolute atomic E-state index is 0.0812. The fourth-order valence-electron chi connectivity index (χ4n) is 6.00. The third-order valence-corrected chi connectivity index (χ3v) is 8.36. The molecule has 2 N–H and O–H groups in total. The maximum atomic E-state index is 13.3. The minimum Gasteiger partial charge on any atom is -0.496 e. The van der Waals surface area contributed by atoms with Crippen LogP contribution in [0.3, 0.4) is 0 Å². The Hall–Kier alpha value is -4.83. The zero-order valence-electron chi connectivity index (χ0n) is 25.6. The van der Waals surface area contributed by atoms with E-state index in [-0.39, 0.29) is 30.6 Å². The minimum atomic E-state index is -0.303. The molecule has 3 aromatic carbocycles. The molecule has 1 saturated heterocycles. The number of aryl methyl sites for hydroxylation is 1. The molecule has 2 amide bonds. The van der Waals surface area contributed by atoms with Gasteiger partial charge in [0.1, 0.15) is 17.6 Å². The summed E-state index contributed by atoms with van der Waals surface area (Å²) in [6.45, 7) is 2.24. The van der Waals surface area contributed by atoms with E-state index in [2.05, 4.69) is 32.7 Å². The fourth-order valence-corrected chi connectivity index (χ4v) is 6.00. The molecule has 234 valence electrons. The van der Waals surface area contributed by atoms with Gasteiger partial charge >= 0.3 is 0 Å². The molecule has 0 radical (unpaired) electrons. The predicted octanol–water partition coefficient (Wildman–Crippen LogP) is 4.03. The van der Waals surface area contributed by atoms with E-state index in [4.69, 9.17) is 18.9 Å². The summed E-state index contributed by atoms with van der Waals surface area (Å²) in [5, 5.41) is 7.29. The van der Waals surface area contributed by atoms with Gasteiger partial charge in [0.05, 0.1) is 25.8 Å². The largest absolute Gasteiger partial charge is 0.496 e. The van der Waals surface area contributed by atoms with Crippen LogP contribution in [-0.4, -0.2) is 67.8 Å². The number of benzene rings is 3. The number of aromatic nitrogens is 1. The number of nitrogens with zero attached hydrogens (tertiary/aromatic N) is 2. The number of rotatable bonds is 4. The van der Waals surface area contributed by atoms with E-state index in [0.717, 1.165) is 35.1 Å². The number of pyridine rings is 1. The van der Waals surface area contributed by atoms with Crippen molar-refractivity contribution in [2.24, 2.45) is 0 Å². The van der Waals surface area contributed by atoms with Gasteiger partial charge in [0.15, 0.2) is 18.1 Å². The highest BCUT2D eigenvalue weighted by atomic mass is 16.5. The first-order chi connectivity index (χ1) is 22.0. The van der Waals surface area contributed by atoms with Gasteiger partial charge in [-0.15, -0.1) is 0 Å². The van der Waals surface area contributed by atoms with Crippen LogP contribution in [0.2, 0.25) is 0 Å². The monoisotopic (exact) mass is 610 g/mol. The number of fused-ring (bicyclic) bond motifs is 10. The molecule has 4 bridgehead atoms. The molecule has 3 aliphatic rings. The summed E-state index contributed by atoms with van der Waals surface area (Å²) >= 11 is 0. The number of nitrogens with one attached hydrogen (secondary N) is 2. The zero-order chi connectivity index (χ0) is 31.2. The lowest BCUT2D eigenvalue weighted by Crippen LogP contribution is -2.57. The number of hydrogen-bond acceptors (Lipinski definition) is 8. The number of amides is 2. The Morgan fingerprint density at radius 1 is 0.956 bits per heavy atom. The van der Waals surface area contributed by atoms with Crippen LogP contribution in [-0.2, 0) is 29.1 Å². The highest BCUT2D eigenvalue weighted by Crippen LogP contribution is 2.30. The molecule has 3 aliphatic heterocycles. The molecule has 0 aliphatic carbocycles. The van der Waals surface area contributed by atoms with E-state index in [1.165, 1.54) is 5.56 Å². The molecular weight excluding hydrogens is 572 g/mol. The number of carbonyl (C=O) groups excluding carboxylic acids is 2. The number of methoxy groups -OCH3 is 2. The molecule has 45 heavy (non-hydrogen) atoms. The van der Waals surface area contributed by atoms with Crippen molar-refractivity contribution in [1.82, 2.24) is 20.5 Å². The Balaban J connectivity index is 1.26. The average molecular weight is 611 g/mol. The molecule has 4 aromatic rings. The fraction of sp³-hybridized carbons (Fsp3) is 0.343. The van der Waals surface area contributed by atoms with Crippen LogP contribution in [0.1, 0.15) is 29.5 Å². The summed E-state index contributed by atoms with van der Waals surface area (Å²) in [5.41, 5.74) is 3.90. The molecule has 0 spiro atoms. The summed E-state index contributed by atoms with van der Waals surface area (Å²) in [7, 11) is 3.16. The summed E-state index contributed by atoms with van der Waals surface area (Å²) < 4.78 is 23.6. The highest BCUT2D eigenvalue weighted by Gasteiger charge is 2.33. The van der Waals surface area contributed by atoms with E-state index < -0.39 is 0 Å². The molecular formula is C35H38N4O6. The molecule has 1 fully saturated rings. The maximum Gasteiger partial charge on any atom is 0.258 e. The van der Waals surface area contributed by atoms with Gasteiger partial charge in [0.25, 0.3) is 5.91 Å². The van der Waals surface area contributed by atoms with Gasteiger partial charge in [0.2, 0.25) is 5.91 Å². The summed E-state index contributed by atoms with van der Waals surface area (Å²) in [6, 6.07) is 21.0. The Kier molecular flexibility index (Phi) is 9.30. The van der Waals surface area contributed by atoms with Crippen molar-refractivity contribution in [2.75, 3.05) is 33.9 Å². The van der Waals surface area contributed by atoms with E-state index in [0.29, 0.717) is 55.4 Å². The normalized spacial score (nSPS) is 19.5. The second-order valence-electron chi connectivity index (χ2n) is 11.4. The first kappa shape index (κ1) is 30.2. The number of likely N-dealkylation sites (tertiary alicyclic amines) is 1. The van der Waals surface area contributed by atoms with Crippen molar-refractivity contribution in [1.29, 1.82) is 0 Å². The molecule has 7 rings (SSSR count). The van der Waals surface area contributed by atoms with Crippen molar-refractivity contribution in [2.45, 2.75) is 44.5 Å². The van der Waals surface area contributed by atoms with E-state index in [1.807, 2.05) is 54.7 Å². The molecule has 10 nitrogen and oxygen atoms in total. The van der Waals surface area contributed by atoms with Gasteiger partial charge in [0, 0.05) is 55.8 Å². The second kappa shape index (κ2) is 13.9. The Bertz CT molecular complexity index is 1670. The van der Waals surface area contributed by atoms with Crippen LogP contribution < -0.4 is 29.6 Å². The van der Waals surface area contributed by atoms with Gasteiger partial charge in [-0.05, 0) is 60.4 Å². The van der Waals surface area contributed by atoms with Crippen LogP contribution in [0.15, 0.2) is 72.9 Å². The zero-order valence-corrected chi connectivity index (χ0v) is 25.6. The molecule has 4 heterocycles. The number of hydrogen-bond donors (Lipinski definition) is 2. The van der Waals surface area contributed by atoms with Gasteiger partial charge in [-0.2, -0.15) is 0 Å². The predicted molar refractivity (Wildman–Crippen MR) is 170 cm³/mol. The topological polar surface area (TPSA) is 111 Å². The van der Waals surface area contributed by atoms with E-state index in [1.54, 1.807) is 20.3 Å². The van der Waals surface area contributed by atoms with Gasteiger partial charge < -0.3 is 29.6 Å². The summed E-state index contributed by atoms with van der Waals surface area (Å²) in [4.78, 5) is 32.8. The number of piperidine rings is 1. The smallest absolute Gasteiger partial charge is 0.258 e. The number of carbonyl (C=O) groups is 2. The van der Waals surface area contributed by atoms with E-state index in [9.17, 15) is 9.59 Å². The Labute approximate surface area is 262 Å². The third kappa shape index (κ3) is 7.29. The third-order valence-electron chi connectivity index (χ3n) is 8.36. The summed E-state index contributed by atoms with van der Waals surface area (Å²) in [5.74, 6) is 1.89. The lowest BCUT2D eigenvalue weighted by Gasteiger charge is -2.39. The van der Waals surface area contributed by atoms with Crippen LogP contribution in [0.25, 0.3) is 10.9 Å². The van der Waals surface area contributed by atoms with Crippen LogP contribution in [0.5, 0.6) is 23.0 Å². The van der Waals surface area contributed by atoms with Crippen molar-refractivity contribution in [3.05, 3.63) is 89.6 Å². The van der Waals surface area contributed by atoms with Crippen molar-refractivity contribution < 1.29 is 28.5 Å². The Morgan fingerprint density at radius 3 is 2.69 bits per heavy atom. The van der Waals surface area contributed by atoms with E-state index >= 15 is 0 Å². The average Bonchev–Trinajstić information content (AvgIpc) is 3.06. The molecule has 10 heteroatoms. The summed E-state index contributed by atoms with van der Waals surface area (Å²) in [6.07, 6.45) is 3.07. The second-order valence-corrected chi connectivity index (χ2v) is 11.4.